The summed E-state index contributed by atoms with van der Waals surface area (Å²) in [4.78, 5) is 25.7. The monoisotopic (exact) mass is 323 g/mol. The minimum atomic E-state index is -0.460. The Morgan fingerprint density at radius 2 is 1.46 bits per heavy atom. The van der Waals surface area contributed by atoms with E-state index in [9.17, 15) is 9.59 Å². The lowest BCUT2D eigenvalue weighted by molar-refractivity contribution is -0.133. The molecule has 0 spiro atoms. The summed E-state index contributed by atoms with van der Waals surface area (Å²) < 4.78 is 5.13. The normalized spacial score (nSPS) is 13.8. The molecular weight excluding hydrogens is 302 g/mol. The molecular formula is C20H21NO3. The number of aryl methyl sites for hydroxylation is 1. The largest absolute Gasteiger partial charge is 0.452 e. The van der Waals surface area contributed by atoms with E-state index in [2.05, 4.69) is 24.3 Å². The maximum Gasteiger partial charge on any atom is 0.338 e. The summed E-state index contributed by atoms with van der Waals surface area (Å²) in [5.41, 5.74) is 3.81. The number of esters is 1. The van der Waals surface area contributed by atoms with Gasteiger partial charge in [-0.1, -0.05) is 42.0 Å². The molecule has 4 nitrogen and oxygen atoms in total. The second-order valence-corrected chi connectivity index (χ2v) is 6.11. The fourth-order valence-corrected chi connectivity index (χ4v) is 2.81. The van der Waals surface area contributed by atoms with Crippen LogP contribution < -0.4 is 0 Å². The summed E-state index contributed by atoms with van der Waals surface area (Å²) in [6.07, 6.45) is 2.06. The van der Waals surface area contributed by atoms with Gasteiger partial charge >= 0.3 is 5.97 Å². The molecule has 0 aromatic heterocycles. The van der Waals surface area contributed by atoms with E-state index < -0.39 is 5.97 Å². The van der Waals surface area contributed by atoms with Gasteiger partial charge in [-0.05, 0) is 43.0 Å². The first-order chi connectivity index (χ1) is 11.6. The molecule has 0 atom stereocenters. The molecule has 0 aliphatic carbocycles. The van der Waals surface area contributed by atoms with Crippen LogP contribution in [-0.4, -0.2) is 36.5 Å². The number of amides is 1. The van der Waals surface area contributed by atoms with Gasteiger partial charge in [0, 0.05) is 13.1 Å². The number of benzene rings is 2. The molecule has 0 radical (unpaired) electrons. The van der Waals surface area contributed by atoms with Crippen LogP contribution in [0.4, 0.5) is 0 Å². The Morgan fingerprint density at radius 3 is 2.04 bits per heavy atom. The quantitative estimate of drug-likeness (QED) is 0.810. The van der Waals surface area contributed by atoms with Gasteiger partial charge < -0.3 is 9.64 Å². The highest BCUT2D eigenvalue weighted by atomic mass is 16.5. The van der Waals surface area contributed by atoms with Crippen LogP contribution in [0.15, 0.2) is 48.5 Å². The molecule has 0 saturated carbocycles. The number of hydrogen-bond donors (Lipinski definition) is 0. The van der Waals surface area contributed by atoms with Crippen molar-refractivity contribution in [2.45, 2.75) is 19.8 Å². The zero-order valence-electron chi connectivity index (χ0n) is 13.8. The predicted molar refractivity (Wildman–Crippen MR) is 92.7 cm³/mol. The van der Waals surface area contributed by atoms with Gasteiger partial charge in [-0.25, -0.2) is 4.79 Å². The Kier molecular flexibility index (Phi) is 4.94. The smallest absolute Gasteiger partial charge is 0.338 e. The second-order valence-electron chi connectivity index (χ2n) is 6.11. The SMILES string of the molecule is Cc1ccc(-c2ccc(C(=O)OCC(=O)N3CCCC3)cc2)cc1. The topological polar surface area (TPSA) is 46.6 Å². The highest BCUT2D eigenvalue weighted by Gasteiger charge is 2.19. The number of rotatable bonds is 4. The van der Waals surface area contributed by atoms with Crippen LogP contribution in [0.3, 0.4) is 0 Å². The molecule has 4 heteroatoms. The van der Waals surface area contributed by atoms with Crippen LogP contribution in [0.2, 0.25) is 0 Å². The number of carbonyl (C=O) groups is 2. The van der Waals surface area contributed by atoms with Crippen LogP contribution in [0, 0.1) is 6.92 Å². The zero-order valence-corrected chi connectivity index (χ0v) is 13.8. The van der Waals surface area contributed by atoms with E-state index in [1.54, 1.807) is 17.0 Å². The van der Waals surface area contributed by atoms with Crippen LogP contribution in [0.5, 0.6) is 0 Å². The van der Waals surface area contributed by atoms with E-state index in [1.807, 2.05) is 19.1 Å². The molecule has 0 N–H and O–H groups in total. The van der Waals surface area contributed by atoms with Gasteiger partial charge in [0.2, 0.25) is 0 Å². The summed E-state index contributed by atoms with van der Waals surface area (Å²) in [7, 11) is 0. The molecule has 0 unspecified atom stereocenters. The summed E-state index contributed by atoms with van der Waals surface area (Å²) in [6, 6.07) is 15.5. The van der Waals surface area contributed by atoms with Crippen LogP contribution in [-0.2, 0) is 9.53 Å². The van der Waals surface area contributed by atoms with Crippen molar-refractivity contribution in [3.05, 3.63) is 59.7 Å². The molecule has 2 aromatic carbocycles. The Morgan fingerprint density at radius 1 is 0.917 bits per heavy atom. The lowest BCUT2D eigenvalue weighted by atomic mass is 10.0. The van der Waals surface area contributed by atoms with Crippen LogP contribution in [0.1, 0.15) is 28.8 Å². The molecule has 0 bridgehead atoms. The van der Waals surface area contributed by atoms with E-state index in [0.717, 1.165) is 37.1 Å². The third kappa shape index (κ3) is 3.82. The number of hydrogen-bond acceptors (Lipinski definition) is 3. The molecule has 1 aliphatic heterocycles. The van der Waals surface area contributed by atoms with Crippen molar-refractivity contribution in [3.8, 4) is 11.1 Å². The van der Waals surface area contributed by atoms with Gasteiger partial charge in [0.15, 0.2) is 6.61 Å². The second kappa shape index (κ2) is 7.30. The van der Waals surface area contributed by atoms with Crippen molar-refractivity contribution < 1.29 is 14.3 Å². The average Bonchev–Trinajstić information content (AvgIpc) is 3.15. The van der Waals surface area contributed by atoms with E-state index in [1.165, 1.54) is 5.56 Å². The average molecular weight is 323 g/mol. The third-order valence-corrected chi connectivity index (χ3v) is 4.29. The molecule has 24 heavy (non-hydrogen) atoms. The van der Waals surface area contributed by atoms with Gasteiger partial charge in [0.25, 0.3) is 5.91 Å². The molecule has 1 heterocycles. The van der Waals surface area contributed by atoms with Crippen molar-refractivity contribution in [2.75, 3.05) is 19.7 Å². The summed E-state index contributed by atoms with van der Waals surface area (Å²) >= 11 is 0. The van der Waals surface area contributed by atoms with Crippen molar-refractivity contribution in [1.82, 2.24) is 4.90 Å². The predicted octanol–water partition coefficient (Wildman–Crippen LogP) is 3.44. The summed E-state index contributed by atoms with van der Waals surface area (Å²) in [6.45, 7) is 3.40. The maximum atomic E-state index is 12.1. The molecule has 1 aliphatic rings. The van der Waals surface area contributed by atoms with E-state index in [4.69, 9.17) is 4.74 Å². The summed E-state index contributed by atoms with van der Waals surface area (Å²) in [5, 5.41) is 0. The van der Waals surface area contributed by atoms with E-state index >= 15 is 0 Å². The van der Waals surface area contributed by atoms with Gasteiger partial charge in [-0.15, -0.1) is 0 Å². The highest BCUT2D eigenvalue weighted by molar-refractivity contribution is 5.91. The fraction of sp³-hybridized carbons (Fsp3) is 0.300. The number of nitrogens with zero attached hydrogens (tertiary/aromatic N) is 1. The van der Waals surface area contributed by atoms with E-state index in [0.29, 0.717) is 5.56 Å². The standard InChI is InChI=1S/C20H21NO3/c1-15-4-6-16(7-5-15)17-8-10-18(11-9-17)20(23)24-14-19(22)21-12-2-3-13-21/h4-11H,2-3,12-14H2,1H3. The van der Waals surface area contributed by atoms with Crippen molar-refractivity contribution in [2.24, 2.45) is 0 Å². The first-order valence-corrected chi connectivity index (χ1v) is 8.25. The lowest BCUT2D eigenvalue weighted by Crippen LogP contribution is -2.32. The Labute approximate surface area is 142 Å². The first-order valence-electron chi connectivity index (χ1n) is 8.25. The minimum absolute atomic E-state index is 0.114. The molecule has 124 valence electrons. The van der Waals surface area contributed by atoms with Gasteiger partial charge in [0.05, 0.1) is 5.56 Å². The molecule has 1 fully saturated rings. The minimum Gasteiger partial charge on any atom is -0.452 e. The third-order valence-electron chi connectivity index (χ3n) is 4.29. The Bertz CT molecular complexity index is 714. The zero-order chi connectivity index (χ0) is 16.9. The molecule has 1 amide bonds. The first kappa shape index (κ1) is 16.2. The van der Waals surface area contributed by atoms with Crippen LogP contribution >= 0.6 is 0 Å². The number of likely N-dealkylation sites (tertiary alicyclic amines) is 1. The van der Waals surface area contributed by atoms with E-state index in [-0.39, 0.29) is 12.5 Å². The molecule has 1 saturated heterocycles. The van der Waals surface area contributed by atoms with Crippen molar-refractivity contribution in [3.63, 3.8) is 0 Å². The molecule has 3 rings (SSSR count). The number of carbonyl (C=O) groups excluding carboxylic acids is 2. The maximum absolute atomic E-state index is 12.1. The van der Waals surface area contributed by atoms with Gasteiger partial charge in [0.1, 0.15) is 0 Å². The van der Waals surface area contributed by atoms with Gasteiger partial charge in [-0.2, -0.15) is 0 Å². The summed E-state index contributed by atoms with van der Waals surface area (Å²) in [5.74, 6) is -0.574. The Hall–Kier alpha value is -2.62. The van der Waals surface area contributed by atoms with Crippen molar-refractivity contribution in [1.29, 1.82) is 0 Å². The lowest BCUT2D eigenvalue weighted by Gasteiger charge is -2.14. The van der Waals surface area contributed by atoms with Gasteiger partial charge in [-0.3, -0.25) is 4.79 Å². The van der Waals surface area contributed by atoms with Crippen molar-refractivity contribution >= 4 is 11.9 Å². The fourth-order valence-electron chi connectivity index (χ4n) is 2.81. The molecule has 2 aromatic rings. The van der Waals surface area contributed by atoms with Crippen LogP contribution in [0.25, 0.3) is 11.1 Å². The highest BCUT2D eigenvalue weighted by Crippen LogP contribution is 2.20. The number of ether oxygens (including phenoxy) is 1. The Balaban J connectivity index is 1.59.